The second-order valence-electron chi connectivity index (χ2n) is 6.11. The molecule has 0 radical (unpaired) electrons. The number of piperidine rings is 1. The number of amides is 1. The molecule has 1 aliphatic heterocycles. The summed E-state index contributed by atoms with van der Waals surface area (Å²) in [6.07, 6.45) is 6.06. The third kappa shape index (κ3) is 3.15. The first-order valence-corrected chi connectivity index (χ1v) is 7.76. The third-order valence-electron chi connectivity index (χ3n) is 4.47. The first-order chi connectivity index (χ1) is 10.1. The van der Waals surface area contributed by atoms with Crippen LogP contribution in [0.25, 0.3) is 0 Å². The van der Waals surface area contributed by atoms with Crippen molar-refractivity contribution in [3.63, 3.8) is 0 Å². The molecule has 2 aliphatic rings. The van der Waals surface area contributed by atoms with E-state index in [0.29, 0.717) is 0 Å². The molecular formula is C15H23N5O. The monoisotopic (exact) mass is 289 g/mol. The fourth-order valence-corrected chi connectivity index (χ4v) is 2.70. The lowest BCUT2D eigenvalue weighted by atomic mass is 10.0. The van der Waals surface area contributed by atoms with E-state index < -0.39 is 5.54 Å². The molecule has 1 amide bonds. The quantitative estimate of drug-likeness (QED) is 0.848. The molecule has 3 rings (SSSR count). The van der Waals surface area contributed by atoms with E-state index in [1.807, 2.05) is 0 Å². The van der Waals surface area contributed by atoms with Gasteiger partial charge < -0.3 is 16.0 Å². The molecule has 1 aromatic rings. The van der Waals surface area contributed by atoms with Gasteiger partial charge in [-0.2, -0.15) is 0 Å². The van der Waals surface area contributed by atoms with Gasteiger partial charge in [0.2, 0.25) is 5.91 Å². The number of nitrogens with zero attached hydrogens (tertiary/aromatic N) is 3. The predicted molar refractivity (Wildman–Crippen MR) is 80.9 cm³/mol. The zero-order chi connectivity index (χ0) is 14.9. The smallest absolute Gasteiger partial charge is 0.240 e. The number of nitrogens with two attached hydrogens (primary N) is 1. The molecule has 3 N–H and O–H groups in total. The Morgan fingerprint density at radius 2 is 2.14 bits per heavy atom. The van der Waals surface area contributed by atoms with E-state index in [1.165, 1.54) is 0 Å². The third-order valence-corrected chi connectivity index (χ3v) is 4.47. The van der Waals surface area contributed by atoms with Crippen LogP contribution in [-0.4, -0.2) is 40.5 Å². The lowest BCUT2D eigenvalue weighted by Gasteiger charge is -2.33. The van der Waals surface area contributed by atoms with Crippen LogP contribution in [0.15, 0.2) is 12.4 Å². The summed E-state index contributed by atoms with van der Waals surface area (Å²) in [4.78, 5) is 22.8. The zero-order valence-corrected chi connectivity index (χ0v) is 12.5. The molecule has 0 aromatic carbocycles. The lowest BCUT2D eigenvalue weighted by Crippen LogP contribution is -2.50. The van der Waals surface area contributed by atoms with Crippen LogP contribution >= 0.6 is 0 Å². The number of carbonyl (C=O) groups is 1. The van der Waals surface area contributed by atoms with E-state index in [9.17, 15) is 4.79 Å². The Morgan fingerprint density at radius 3 is 2.76 bits per heavy atom. The number of carbonyl (C=O) groups excluding carboxylic acids is 1. The van der Waals surface area contributed by atoms with Gasteiger partial charge in [-0.05, 0) is 32.1 Å². The van der Waals surface area contributed by atoms with E-state index in [2.05, 4.69) is 33.2 Å². The lowest BCUT2D eigenvalue weighted by molar-refractivity contribution is -0.124. The Morgan fingerprint density at radius 1 is 1.43 bits per heavy atom. The Hall–Kier alpha value is -1.69. The van der Waals surface area contributed by atoms with Crippen LogP contribution < -0.4 is 16.0 Å². The van der Waals surface area contributed by atoms with Crippen molar-refractivity contribution < 1.29 is 4.79 Å². The molecule has 2 heterocycles. The topological polar surface area (TPSA) is 84.1 Å². The summed E-state index contributed by atoms with van der Waals surface area (Å²) in [5.41, 5.74) is 6.41. The van der Waals surface area contributed by atoms with Crippen LogP contribution in [0.1, 0.15) is 38.3 Å². The van der Waals surface area contributed by atoms with Crippen LogP contribution in [0.2, 0.25) is 0 Å². The minimum atomic E-state index is -0.570. The Kier molecular flexibility index (Phi) is 3.80. The standard InChI is InChI=1S/C15H23N5O/c1-2-11-9-13(18-10-17-11)20-7-3-12(4-8-20)19-14(21)15(16)5-6-15/h9-10,12H,2-8,16H2,1H3,(H,19,21). The molecule has 2 fully saturated rings. The first-order valence-electron chi connectivity index (χ1n) is 7.76. The maximum Gasteiger partial charge on any atom is 0.240 e. The van der Waals surface area contributed by atoms with Crippen molar-refractivity contribution in [3.8, 4) is 0 Å². The normalized spacial score (nSPS) is 21.1. The van der Waals surface area contributed by atoms with Crippen molar-refractivity contribution in [1.82, 2.24) is 15.3 Å². The number of aryl methyl sites for hydroxylation is 1. The van der Waals surface area contributed by atoms with Gasteiger partial charge in [-0.15, -0.1) is 0 Å². The van der Waals surface area contributed by atoms with Crippen LogP contribution in [0.4, 0.5) is 5.82 Å². The average molecular weight is 289 g/mol. The number of hydrogen-bond donors (Lipinski definition) is 2. The molecule has 1 aromatic heterocycles. The van der Waals surface area contributed by atoms with E-state index >= 15 is 0 Å². The summed E-state index contributed by atoms with van der Waals surface area (Å²) in [7, 11) is 0. The summed E-state index contributed by atoms with van der Waals surface area (Å²) in [6, 6.07) is 2.29. The number of hydrogen-bond acceptors (Lipinski definition) is 5. The highest BCUT2D eigenvalue weighted by atomic mass is 16.2. The molecule has 0 bridgehead atoms. The number of nitrogens with one attached hydrogen (secondary N) is 1. The summed E-state index contributed by atoms with van der Waals surface area (Å²) >= 11 is 0. The van der Waals surface area contributed by atoms with Crippen molar-refractivity contribution in [2.24, 2.45) is 5.73 Å². The SMILES string of the molecule is CCc1cc(N2CCC(NC(=O)C3(N)CC3)CC2)ncn1. The second kappa shape index (κ2) is 5.60. The zero-order valence-electron chi connectivity index (χ0n) is 12.5. The maximum absolute atomic E-state index is 12.0. The summed E-state index contributed by atoms with van der Waals surface area (Å²) in [6.45, 7) is 3.90. The average Bonchev–Trinajstić information content (AvgIpc) is 3.27. The molecule has 0 unspecified atom stereocenters. The van der Waals surface area contributed by atoms with E-state index in [-0.39, 0.29) is 11.9 Å². The summed E-state index contributed by atoms with van der Waals surface area (Å²) < 4.78 is 0. The van der Waals surface area contributed by atoms with Gasteiger partial charge in [0, 0.05) is 30.9 Å². The summed E-state index contributed by atoms with van der Waals surface area (Å²) in [5, 5.41) is 3.09. The highest BCUT2D eigenvalue weighted by molar-refractivity contribution is 5.89. The van der Waals surface area contributed by atoms with E-state index in [0.717, 1.165) is 56.7 Å². The van der Waals surface area contributed by atoms with Crippen LogP contribution in [0, 0.1) is 0 Å². The van der Waals surface area contributed by atoms with E-state index in [4.69, 9.17) is 5.73 Å². The van der Waals surface area contributed by atoms with Gasteiger partial charge in [0.25, 0.3) is 0 Å². The van der Waals surface area contributed by atoms with Crippen molar-refractivity contribution in [2.75, 3.05) is 18.0 Å². The Bertz CT molecular complexity index is 521. The second-order valence-corrected chi connectivity index (χ2v) is 6.11. The van der Waals surface area contributed by atoms with Crippen molar-refractivity contribution >= 4 is 11.7 Å². The number of anilines is 1. The minimum absolute atomic E-state index is 0.0243. The predicted octanol–water partition coefficient (Wildman–Crippen LogP) is 0.615. The molecule has 114 valence electrons. The Labute approximate surface area is 125 Å². The van der Waals surface area contributed by atoms with Crippen LogP contribution in [-0.2, 0) is 11.2 Å². The Balaban J connectivity index is 1.53. The van der Waals surface area contributed by atoms with Crippen molar-refractivity contribution in [2.45, 2.75) is 50.6 Å². The van der Waals surface area contributed by atoms with Crippen LogP contribution in [0.3, 0.4) is 0 Å². The van der Waals surface area contributed by atoms with Gasteiger partial charge in [-0.1, -0.05) is 6.92 Å². The molecule has 0 atom stereocenters. The fraction of sp³-hybridized carbons (Fsp3) is 0.667. The summed E-state index contributed by atoms with van der Waals surface area (Å²) in [5.74, 6) is 1.01. The van der Waals surface area contributed by atoms with Gasteiger partial charge in [0.1, 0.15) is 12.1 Å². The van der Waals surface area contributed by atoms with Gasteiger partial charge in [0.05, 0.1) is 5.54 Å². The molecule has 6 nitrogen and oxygen atoms in total. The highest BCUT2D eigenvalue weighted by Gasteiger charge is 2.46. The van der Waals surface area contributed by atoms with Gasteiger partial charge >= 0.3 is 0 Å². The van der Waals surface area contributed by atoms with Gasteiger partial charge in [-0.3, -0.25) is 4.79 Å². The highest BCUT2D eigenvalue weighted by Crippen LogP contribution is 2.32. The molecule has 6 heteroatoms. The molecule has 1 saturated heterocycles. The molecule has 0 spiro atoms. The number of rotatable bonds is 4. The molecule has 21 heavy (non-hydrogen) atoms. The van der Waals surface area contributed by atoms with E-state index in [1.54, 1.807) is 6.33 Å². The van der Waals surface area contributed by atoms with Crippen LogP contribution in [0.5, 0.6) is 0 Å². The van der Waals surface area contributed by atoms with Crippen molar-refractivity contribution in [1.29, 1.82) is 0 Å². The molecule has 1 saturated carbocycles. The fourth-order valence-electron chi connectivity index (χ4n) is 2.70. The first kappa shape index (κ1) is 14.3. The van der Waals surface area contributed by atoms with Crippen molar-refractivity contribution in [3.05, 3.63) is 18.1 Å². The van der Waals surface area contributed by atoms with Gasteiger partial charge in [0.15, 0.2) is 0 Å². The maximum atomic E-state index is 12.0. The van der Waals surface area contributed by atoms with Gasteiger partial charge in [-0.25, -0.2) is 9.97 Å². The largest absolute Gasteiger partial charge is 0.356 e. The molecular weight excluding hydrogens is 266 g/mol. The minimum Gasteiger partial charge on any atom is -0.356 e. The molecule has 1 aliphatic carbocycles. The number of aromatic nitrogens is 2.